The van der Waals surface area contributed by atoms with E-state index in [0.717, 1.165) is 32.9 Å². The molecular formula is C18H9BO2. The Morgan fingerprint density at radius 2 is 1.43 bits per heavy atom. The number of ketones is 2. The number of rotatable bonds is 0. The van der Waals surface area contributed by atoms with Gasteiger partial charge in [0.25, 0.3) is 0 Å². The van der Waals surface area contributed by atoms with Gasteiger partial charge in [-0.1, -0.05) is 41.9 Å². The van der Waals surface area contributed by atoms with Gasteiger partial charge in [0, 0.05) is 38.8 Å². The Hall–Kier alpha value is -2.68. The molecule has 0 amide bonds. The van der Waals surface area contributed by atoms with Crippen molar-refractivity contribution in [2.75, 3.05) is 0 Å². The van der Waals surface area contributed by atoms with E-state index in [0.29, 0.717) is 16.7 Å². The van der Waals surface area contributed by atoms with Crippen molar-refractivity contribution in [3.05, 3.63) is 64.7 Å². The number of hydrogen-bond donors (Lipinski definition) is 0. The van der Waals surface area contributed by atoms with Gasteiger partial charge in [-0.3, -0.25) is 9.59 Å². The molecule has 0 aromatic heterocycles. The van der Waals surface area contributed by atoms with Crippen LogP contribution in [0, 0.1) is 0 Å². The van der Waals surface area contributed by atoms with Crippen LogP contribution in [0.15, 0.2) is 42.5 Å². The van der Waals surface area contributed by atoms with Crippen LogP contribution in [0.4, 0.5) is 0 Å². The zero-order chi connectivity index (χ0) is 14.3. The summed E-state index contributed by atoms with van der Waals surface area (Å²) >= 11 is 0. The van der Waals surface area contributed by atoms with E-state index in [1.807, 2.05) is 50.3 Å². The fraction of sp³-hybridized carbons (Fsp3) is 0. The van der Waals surface area contributed by atoms with Gasteiger partial charge in [-0.15, -0.1) is 0 Å². The Balaban J connectivity index is 2.15. The fourth-order valence-electron chi connectivity index (χ4n) is 3.72. The molecule has 3 heteroatoms. The van der Waals surface area contributed by atoms with Gasteiger partial charge >= 0.3 is 0 Å². The summed E-state index contributed by atoms with van der Waals surface area (Å²) in [5.74, 6) is 0.0660. The van der Waals surface area contributed by atoms with Crippen molar-refractivity contribution in [1.29, 1.82) is 0 Å². The lowest BCUT2D eigenvalue weighted by molar-refractivity contribution is 0.103. The standard InChI is InChI=1S/C18H9BO2/c19-9-6-12-15-13(7-9)18(21)11-5-4-8-2-1-3-10(17(12)20)14(8)16(11)15/h1-7H,19H2. The van der Waals surface area contributed by atoms with Crippen molar-refractivity contribution in [2.24, 2.45) is 0 Å². The number of carbonyl (C=O) groups excluding carboxylic acids is 2. The van der Waals surface area contributed by atoms with Crippen LogP contribution in [-0.4, -0.2) is 19.4 Å². The largest absolute Gasteiger partial charge is 0.289 e. The van der Waals surface area contributed by atoms with Crippen LogP contribution in [0.3, 0.4) is 0 Å². The maximum absolute atomic E-state index is 12.8. The molecule has 2 aliphatic rings. The van der Waals surface area contributed by atoms with E-state index in [1.54, 1.807) is 0 Å². The lowest BCUT2D eigenvalue weighted by Crippen LogP contribution is -2.15. The second-order valence-corrected chi connectivity index (χ2v) is 5.79. The van der Waals surface area contributed by atoms with Crippen LogP contribution in [0.25, 0.3) is 21.9 Å². The summed E-state index contributed by atoms with van der Waals surface area (Å²) in [6.07, 6.45) is 0. The molecule has 2 aliphatic carbocycles. The van der Waals surface area contributed by atoms with E-state index < -0.39 is 0 Å². The monoisotopic (exact) mass is 268 g/mol. The van der Waals surface area contributed by atoms with Crippen molar-refractivity contribution in [3.63, 3.8) is 0 Å². The average Bonchev–Trinajstić information content (AvgIpc) is 2.78. The van der Waals surface area contributed by atoms with E-state index in [1.165, 1.54) is 0 Å². The van der Waals surface area contributed by atoms with E-state index in [2.05, 4.69) is 0 Å². The smallest absolute Gasteiger partial charge is 0.194 e. The number of benzene rings is 3. The fourth-order valence-corrected chi connectivity index (χ4v) is 3.72. The summed E-state index contributed by atoms with van der Waals surface area (Å²) < 4.78 is 0. The van der Waals surface area contributed by atoms with Crippen molar-refractivity contribution < 1.29 is 9.59 Å². The minimum atomic E-state index is 0.0277. The quantitative estimate of drug-likeness (QED) is 0.402. The predicted molar refractivity (Wildman–Crippen MR) is 84.4 cm³/mol. The van der Waals surface area contributed by atoms with Crippen LogP contribution >= 0.6 is 0 Å². The van der Waals surface area contributed by atoms with Crippen LogP contribution in [0.5, 0.6) is 0 Å². The van der Waals surface area contributed by atoms with E-state index in [4.69, 9.17) is 0 Å². The Morgan fingerprint density at radius 3 is 2.19 bits per heavy atom. The van der Waals surface area contributed by atoms with Gasteiger partial charge in [-0.25, -0.2) is 0 Å². The maximum Gasteiger partial charge on any atom is 0.194 e. The molecule has 0 atom stereocenters. The van der Waals surface area contributed by atoms with Crippen molar-refractivity contribution in [2.45, 2.75) is 0 Å². The molecule has 0 radical (unpaired) electrons. The lowest BCUT2D eigenvalue weighted by atomic mass is 9.80. The zero-order valence-corrected chi connectivity index (χ0v) is 11.4. The predicted octanol–water partition coefficient (Wildman–Crippen LogP) is 1.85. The molecule has 0 aliphatic heterocycles. The third kappa shape index (κ3) is 1.12. The van der Waals surface area contributed by atoms with Crippen molar-refractivity contribution >= 4 is 35.6 Å². The molecule has 0 spiro atoms. The first-order valence-electron chi connectivity index (χ1n) is 6.97. The normalized spacial score (nSPS) is 14.1. The first kappa shape index (κ1) is 11.0. The number of hydrogen-bond acceptors (Lipinski definition) is 2. The van der Waals surface area contributed by atoms with Gasteiger partial charge in [0.15, 0.2) is 11.6 Å². The Bertz CT molecular complexity index is 1030. The minimum Gasteiger partial charge on any atom is -0.289 e. The lowest BCUT2D eigenvalue weighted by Gasteiger charge is -2.19. The molecule has 0 fully saturated rings. The Morgan fingerprint density at radius 1 is 0.714 bits per heavy atom. The Labute approximate surface area is 121 Å². The SMILES string of the molecule is Bc1cc2c3c(c1)C(=O)c1cccc4ccc(c-3c14)C2=O. The molecule has 0 saturated heterocycles. The third-order valence-corrected chi connectivity index (χ3v) is 4.56. The zero-order valence-electron chi connectivity index (χ0n) is 11.4. The average molecular weight is 268 g/mol. The molecule has 0 bridgehead atoms. The van der Waals surface area contributed by atoms with Gasteiger partial charge in [0.2, 0.25) is 0 Å². The van der Waals surface area contributed by atoms with E-state index in [-0.39, 0.29) is 11.6 Å². The van der Waals surface area contributed by atoms with Crippen LogP contribution in [0.2, 0.25) is 0 Å². The molecule has 3 aromatic carbocycles. The molecule has 21 heavy (non-hydrogen) atoms. The Kier molecular flexibility index (Phi) is 1.74. The molecule has 5 rings (SSSR count). The number of carbonyl (C=O) groups is 2. The summed E-state index contributed by atoms with van der Waals surface area (Å²) in [6.45, 7) is 0. The van der Waals surface area contributed by atoms with Crippen LogP contribution in [-0.2, 0) is 0 Å². The summed E-state index contributed by atoms with van der Waals surface area (Å²) in [5.41, 5.74) is 5.53. The molecule has 0 unspecified atom stereocenters. The second kappa shape index (κ2) is 3.31. The highest BCUT2D eigenvalue weighted by Gasteiger charge is 2.36. The minimum absolute atomic E-state index is 0.0277. The van der Waals surface area contributed by atoms with Gasteiger partial charge in [-0.05, 0) is 11.5 Å². The van der Waals surface area contributed by atoms with Gasteiger partial charge < -0.3 is 0 Å². The van der Waals surface area contributed by atoms with Crippen molar-refractivity contribution in [3.8, 4) is 11.1 Å². The summed E-state index contributed by atoms with van der Waals surface area (Å²) in [7, 11) is 1.93. The summed E-state index contributed by atoms with van der Waals surface area (Å²) in [4.78, 5) is 25.5. The van der Waals surface area contributed by atoms with Gasteiger partial charge in [0.05, 0.1) is 0 Å². The molecule has 0 heterocycles. The maximum atomic E-state index is 12.8. The topological polar surface area (TPSA) is 34.1 Å². The highest BCUT2D eigenvalue weighted by atomic mass is 16.1. The second-order valence-electron chi connectivity index (χ2n) is 5.79. The van der Waals surface area contributed by atoms with Gasteiger partial charge in [0.1, 0.15) is 7.85 Å². The first-order valence-corrected chi connectivity index (χ1v) is 6.97. The summed E-state index contributed by atoms with van der Waals surface area (Å²) in [5, 5.41) is 1.95. The van der Waals surface area contributed by atoms with E-state index >= 15 is 0 Å². The van der Waals surface area contributed by atoms with Crippen LogP contribution < -0.4 is 5.46 Å². The molecule has 96 valence electrons. The highest BCUT2D eigenvalue weighted by molar-refractivity contribution is 6.39. The molecule has 0 saturated carbocycles. The molecule has 3 aromatic rings. The van der Waals surface area contributed by atoms with Crippen LogP contribution in [0.1, 0.15) is 31.8 Å². The molecule has 2 nitrogen and oxygen atoms in total. The van der Waals surface area contributed by atoms with Gasteiger partial charge in [-0.2, -0.15) is 0 Å². The molecular weight excluding hydrogens is 259 g/mol. The van der Waals surface area contributed by atoms with Crippen molar-refractivity contribution in [1.82, 2.24) is 0 Å². The molecule has 0 N–H and O–H groups in total. The highest BCUT2D eigenvalue weighted by Crippen LogP contribution is 2.47. The summed E-state index contributed by atoms with van der Waals surface area (Å²) in [6, 6.07) is 13.4. The first-order chi connectivity index (χ1) is 10.2. The third-order valence-electron chi connectivity index (χ3n) is 4.56. The van der Waals surface area contributed by atoms with E-state index in [9.17, 15) is 9.59 Å².